The summed E-state index contributed by atoms with van der Waals surface area (Å²) in [5.41, 5.74) is 1.70. The van der Waals surface area contributed by atoms with Crippen molar-refractivity contribution >= 4 is 34.2 Å². The number of amides is 3. The van der Waals surface area contributed by atoms with Crippen LogP contribution >= 0.6 is 11.3 Å². The van der Waals surface area contributed by atoms with Gasteiger partial charge in [-0.15, -0.1) is 10.2 Å². The minimum Gasteiger partial charge on any atom is -0.496 e. The number of imide groups is 1. The molecule has 8 nitrogen and oxygen atoms in total. The number of hydrogen-bond acceptors (Lipinski definition) is 7. The summed E-state index contributed by atoms with van der Waals surface area (Å²) in [6.07, 6.45) is 0.471. The van der Waals surface area contributed by atoms with E-state index in [1.807, 2.05) is 24.3 Å². The minimum absolute atomic E-state index is 0.221. The molecule has 1 aliphatic rings. The van der Waals surface area contributed by atoms with Crippen LogP contribution in [0.5, 0.6) is 5.75 Å². The molecule has 4 rings (SSSR count). The Hall–Kier alpha value is -3.59. The number of methoxy groups -OCH3 is 1. The summed E-state index contributed by atoms with van der Waals surface area (Å²) in [6.45, 7) is 2.00. The highest BCUT2D eigenvalue weighted by Gasteiger charge is 2.35. The molecular formula is C21H18N4O4S. The summed E-state index contributed by atoms with van der Waals surface area (Å²) in [7, 11) is 1.58. The lowest BCUT2D eigenvalue weighted by atomic mass is 10.1. The molecule has 9 heteroatoms. The van der Waals surface area contributed by atoms with Gasteiger partial charge >= 0.3 is 0 Å². The van der Waals surface area contributed by atoms with E-state index in [1.54, 1.807) is 14.0 Å². The first-order chi connectivity index (χ1) is 14.5. The number of carbonyl (C=O) groups is 3. The van der Waals surface area contributed by atoms with Crippen LogP contribution in [0.4, 0.5) is 5.13 Å². The number of nitrogens with one attached hydrogen (secondary N) is 1. The smallest absolute Gasteiger partial charge is 0.261 e. The molecule has 0 saturated heterocycles. The predicted octanol–water partition coefficient (Wildman–Crippen LogP) is 2.95. The summed E-state index contributed by atoms with van der Waals surface area (Å²) in [5.74, 6) is -0.482. The lowest BCUT2D eigenvalue weighted by Crippen LogP contribution is -2.31. The zero-order valence-corrected chi connectivity index (χ0v) is 17.2. The van der Waals surface area contributed by atoms with Crippen molar-refractivity contribution in [1.29, 1.82) is 0 Å². The van der Waals surface area contributed by atoms with Gasteiger partial charge in [-0.25, -0.2) is 0 Å². The molecule has 1 N–H and O–H groups in total. The summed E-state index contributed by atoms with van der Waals surface area (Å²) in [6, 6.07) is 12.0. The zero-order valence-electron chi connectivity index (χ0n) is 16.3. The molecule has 2 aromatic carbocycles. The maximum absolute atomic E-state index is 12.8. The van der Waals surface area contributed by atoms with Gasteiger partial charge in [0.05, 0.1) is 18.2 Å². The van der Waals surface area contributed by atoms with Crippen molar-refractivity contribution in [2.75, 3.05) is 19.0 Å². The molecule has 0 atom stereocenters. The minimum atomic E-state index is -0.415. The zero-order chi connectivity index (χ0) is 21.3. The molecule has 1 aromatic heterocycles. The highest BCUT2D eigenvalue weighted by Crippen LogP contribution is 2.26. The van der Waals surface area contributed by atoms with Gasteiger partial charge in [0, 0.05) is 12.1 Å². The second-order valence-corrected chi connectivity index (χ2v) is 7.85. The van der Waals surface area contributed by atoms with Gasteiger partial charge in [-0.3, -0.25) is 24.6 Å². The number of para-hydroxylation sites is 1. The first kappa shape index (κ1) is 19.7. The van der Waals surface area contributed by atoms with Gasteiger partial charge in [-0.05, 0) is 43.2 Å². The Morgan fingerprint density at radius 1 is 1.10 bits per heavy atom. The van der Waals surface area contributed by atoms with E-state index in [0.29, 0.717) is 22.9 Å². The molecule has 0 saturated carbocycles. The van der Waals surface area contributed by atoms with Crippen molar-refractivity contribution in [2.45, 2.75) is 13.3 Å². The molecule has 0 bridgehead atoms. The largest absolute Gasteiger partial charge is 0.496 e. The van der Waals surface area contributed by atoms with E-state index >= 15 is 0 Å². The van der Waals surface area contributed by atoms with Crippen LogP contribution in [-0.2, 0) is 6.42 Å². The van der Waals surface area contributed by atoms with Crippen LogP contribution in [0.3, 0.4) is 0 Å². The van der Waals surface area contributed by atoms with Crippen LogP contribution in [-0.4, -0.2) is 46.5 Å². The monoisotopic (exact) mass is 422 g/mol. The fourth-order valence-corrected chi connectivity index (χ4v) is 3.88. The van der Waals surface area contributed by atoms with Crippen molar-refractivity contribution in [3.8, 4) is 5.75 Å². The molecule has 3 aromatic rings. The number of nitrogens with zero attached hydrogens (tertiary/aromatic N) is 3. The van der Waals surface area contributed by atoms with Crippen LogP contribution in [0.15, 0.2) is 42.5 Å². The second-order valence-electron chi connectivity index (χ2n) is 6.66. The highest BCUT2D eigenvalue weighted by molar-refractivity contribution is 7.15. The van der Waals surface area contributed by atoms with Crippen LogP contribution in [0.2, 0.25) is 0 Å². The quantitative estimate of drug-likeness (QED) is 0.613. The van der Waals surface area contributed by atoms with E-state index in [0.717, 1.165) is 10.6 Å². The first-order valence-electron chi connectivity index (χ1n) is 9.21. The molecule has 0 spiro atoms. The number of carbonyl (C=O) groups excluding carboxylic acids is 3. The SMILES string of the molecule is COc1ccccc1CCN1C(=O)c2ccc(C(=O)Nc3nnc(C)s3)cc2C1=O. The standard InChI is InChI=1S/C21H18N4O4S/c1-12-23-24-21(30-12)22-18(26)14-7-8-15-16(11-14)20(28)25(19(15)27)10-9-13-5-3-4-6-17(13)29-2/h3-8,11H,9-10H2,1-2H3,(H,22,24,26). The summed E-state index contributed by atoms with van der Waals surface area (Å²) in [4.78, 5) is 39.2. The number of aromatic nitrogens is 2. The van der Waals surface area contributed by atoms with Gasteiger partial charge in [-0.1, -0.05) is 29.5 Å². The number of ether oxygens (including phenoxy) is 1. The lowest BCUT2D eigenvalue weighted by molar-refractivity contribution is 0.0655. The highest BCUT2D eigenvalue weighted by atomic mass is 32.1. The molecule has 2 heterocycles. The van der Waals surface area contributed by atoms with Crippen molar-refractivity contribution in [1.82, 2.24) is 15.1 Å². The summed E-state index contributed by atoms with van der Waals surface area (Å²) in [5, 5.41) is 11.5. The Bertz CT molecular complexity index is 1160. The van der Waals surface area contributed by atoms with E-state index in [9.17, 15) is 14.4 Å². The Labute approximate surface area is 176 Å². The molecule has 0 fully saturated rings. The molecule has 30 heavy (non-hydrogen) atoms. The van der Waals surface area contributed by atoms with E-state index in [-0.39, 0.29) is 23.6 Å². The van der Waals surface area contributed by atoms with Crippen molar-refractivity contribution in [2.24, 2.45) is 0 Å². The molecule has 3 amide bonds. The summed E-state index contributed by atoms with van der Waals surface area (Å²) >= 11 is 1.25. The average molecular weight is 422 g/mol. The van der Waals surface area contributed by atoms with E-state index in [1.165, 1.54) is 34.4 Å². The lowest BCUT2D eigenvalue weighted by Gasteiger charge is -2.15. The summed E-state index contributed by atoms with van der Waals surface area (Å²) < 4.78 is 5.33. The van der Waals surface area contributed by atoms with Gasteiger partial charge in [0.2, 0.25) is 5.13 Å². The van der Waals surface area contributed by atoms with E-state index in [2.05, 4.69) is 15.5 Å². The number of anilines is 1. The molecule has 152 valence electrons. The van der Waals surface area contributed by atoms with Crippen LogP contribution in [0.25, 0.3) is 0 Å². The molecule has 0 aliphatic carbocycles. The molecular weight excluding hydrogens is 404 g/mol. The Kier molecular flexibility index (Phi) is 5.28. The Morgan fingerprint density at radius 2 is 1.87 bits per heavy atom. The van der Waals surface area contributed by atoms with Gasteiger partial charge in [0.15, 0.2) is 0 Å². The van der Waals surface area contributed by atoms with Crippen molar-refractivity contribution < 1.29 is 19.1 Å². The Morgan fingerprint density at radius 3 is 2.60 bits per heavy atom. The number of aryl methyl sites for hydroxylation is 1. The van der Waals surface area contributed by atoms with E-state index < -0.39 is 11.8 Å². The third-order valence-corrected chi connectivity index (χ3v) is 5.53. The number of rotatable bonds is 6. The number of benzene rings is 2. The van der Waals surface area contributed by atoms with Crippen LogP contribution in [0.1, 0.15) is 41.6 Å². The predicted molar refractivity (Wildman–Crippen MR) is 111 cm³/mol. The van der Waals surface area contributed by atoms with E-state index in [4.69, 9.17) is 4.74 Å². The van der Waals surface area contributed by atoms with Crippen LogP contribution < -0.4 is 10.1 Å². The molecule has 1 aliphatic heterocycles. The van der Waals surface area contributed by atoms with Crippen LogP contribution in [0, 0.1) is 6.92 Å². The number of fused-ring (bicyclic) bond motifs is 1. The average Bonchev–Trinajstić information content (AvgIpc) is 3.27. The first-order valence-corrected chi connectivity index (χ1v) is 10.0. The fraction of sp³-hybridized carbons (Fsp3) is 0.190. The van der Waals surface area contributed by atoms with Gasteiger partial charge in [0.25, 0.3) is 17.7 Å². The van der Waals surface area contributed by atoms with Crippen molar-refractivity contribution in [3.05, 3.63) is 69.7 Å². The Balaban J connectivity index is 1.51. The topological polar surface area (TPSA) is 101 Å². The second kappa shape index (κ2) is 8.03. The molecule has 0 radical (unpaired) electrons. The molecule has 0 unspecified atom stereocenters. The fourth-order valence-electron chi connectivity index (χ4n) is 3.29. The maximum Gasteiger partial charge on any atom is 0.261 e. The van der Waals surface area contributed by atoms with Gasteiger partial charge in [-0.2, -0.15) is 0 Å². The maximum atomic E-state index is 12.8. The van der Waals surface area contributed by atoms with Gasteiger partial charge in [0.1, 0.15) is 10.8 Å². The number of hydrogen-bond donors (Lipinski definition) is 1. The van der Waals surface area contributed by atoms with Crippen molar-refractivity contribution in [3.63, 3.8) is 0 Å². The third kappa shape index (κ3) is 3.67. The normalized spacial score (nSPS) is 12.8. The van der Waals surface area contributed by atoms with Gasteiger partial charge < -0.3 is 4.74 Å². The third-order valence-electron chi connectivity index (χ3n) is 4.78.